The van der Waals surface area contributed by atoms with E-state index in [1.807, 2.05) is 15.0 Å². The van der Waals surface area contributed by atoms with Gasteiger partial charge in [0.05, 0.1) is 78.3 Å². The molecular formula is C75H127BCl3F3N7O38P4. The average Bonchev–Trinajstić information content (AvgIpc) is 1.62. The normalized spacial score (nSPS) is 22.4. The molecule has 0 amide bonds. The minimum absolute atomic E-state index is 0.123. The monoisotopic (exact) mass is 2040 g/mol. The quantitative estimate of drug-likeness (QED) is 0.00682. The minimum Gasteiger partial charge on any atom is -0.437 e. The van der Waals surface area contributed by atoms with Crippen LogP contribution < -0.4 is 33.7 Å². The summed E-state index contributed by atoms with van der Waals surface area (Å²) in [6.45, 7) is 34.5. The Hall–Kier alpha value is -6.31. The Morgan fingerprint density at radius 3 is 1.00 bits per heavy atom. The van der Waals surface area contributed by atoms with Crippen LogP contribution in [0.15, 0.2) is 65.6 Å². The van der Waals surface area contributed by atoms with Crippen molar-refractivity contribution < 1.29 is 167 Å². The van der Waals surface area contributed by atoms with Crippen LogP contribution in [0.1, 0.15) is 180 Å². The van der Waals surface area contributed by atoms with Crippen LogP contribution in [0.2, 0.25) is 6.82 Å². The number of ether oxygens (including phenoxy) is 9. The molecule has 6 rings (SSSR count). The molecule has 0 aromatic carbocycles. The number of aliphatic hydroxyl groups excluding tert-OH is 4. The first kappa shape index (κ1) is 119. The van der Waals surface area contributed by atoms with E-state index >= 15 is 8.78 Å². The van der Waals surface area contributed by atoms with Crippen LogP contribution in [0.4, 0.5) is 13.2 Å². The number of hydrogen-bond donors (Lipinski definition) is 8. The molecule has 0 aliphatic carbocycles. The number of nitrogens with one attached hydrogen (secondary N) is 3. The van der Waals surface area contributed by atoms with Gasteiger partial charge in [-0.3, -0.25) is 85.4 Å². The Bertz CT molecular complexity index is 4410. The fourth-order valence-corrected chi connectivity index (χ4v) is 12.1. The summed E-state index contributed by atoms with van der Waals surface area (Å²) in [5.41, 5.74) is -15.8. The fourth-order valence-electron chi connectivity index (χ4n) is 8.92. The Morgan fingerprint density at radius 1 is 0.511 bits per heavy atom. The third-order valence-corrected chi connectivity index (χ3v) is 21.5. The van der Waals surface area contributed by atoms with Crippen molar-refractivity contribution in [1.82, 2.24) is 33.6 Å². The number of esters is 6. The molecule has 3 saturated heterocycles. The first-order valence-electron chi connectivity index (χ1n) is 41.2. The Labute approximate surface area is 778 Å². The number of rotatable bonds is 35. The van der Waals surface area contributed by atoms with Gasteiger partial charge < -0.3 is 72.9 Å². The maximum absolute atomic E-state index is 15.1. The van der Waals surface area contributed by atoms with Crippen molar-refractivity contribution >= 4 is 109 Å². The lowest BCUT2D eigenvalue weighted by atomic mass is 9.98. The number of aromatic nitrogens is 6. The summed E-state index contributed by atoms with van der Waals surface area (Å²) in [4.78, 5) is 158. The van der Waals surface area contributed by atoms with E-state index in [1.165, 1.54) is 33.9 Å². The van der Waals surface area contributed by atoms with E-state index in [4.69, 9.17) is 101 Å². The van der Waals surface area contributed by atoms with E-state index in [0.717, 1.165) is 45.9 Å². The summed E-state index contributed by atoms with van der Waals surface area (Å²) in [7, 11) is -11.2. The number of halogens is 6. The number of nitrogens with zero attached hydrogens (tertiary/aromatic N) is 4. The van der Waals surface area contributed by atoms with Crippen LogP contribution in [0, 0.1) is 32.5 Å². The molecular weight excluding hydrogens is 1900 g/mol. The van der Waals surface area contributed by atoms with Crippen LogP contribution >= 0.6 is 66.6 Å². The molecule has 131 heavy (non-hydrogen) atoms. The van der Waals surface area contributed by atoms with Gasteiger partial charge in [0.25, 0.3) is 16.7 Å². The van der Waals surface area contributed by atoms with Crippen molar-refractivity contribution in [2.75, 3.05) is 112 Å². The largest absolute Gasteiger partial charge is 0.480 e. The molecule has 3 aromatic heterocycles. The van der Waals surface area contributed by atoms with E-state index in [0.29, 0.717) is 4.57 Å². The third kappa shape index (κ3) is 44.6. The highest BCUT2D eigenvalue weighted by atomic mass is 35.5. The Morgan fingerprint density at radius 2 is 0.771 bits per heavy atom. The third-order valence-electron chi connectivity index (χ3n) is 16.4. The van der Waals surface area contributed by atoms with Crippen LogP contribution in [0.5, 0.6) is 0 Å². The summed E-state index contributed by atoms with van der Waals surface area (Å²) in [5.74, 6) is -5.50. The summed E-state index contributed by atoms with van der Waals surface area (Å²) in [6.07, 6.45) is -13.2. The molecule has 0 unspecified atom stereocenters. The van der Waals surface area contributed by atoms with Crippen molar-refractivity contribution in [1.29, 1.82) is 2.86 Å². The van der Waals surface area contributed by atoms with Gasteiger partial charge in [-0.05, 0) is 144 Å². The number of alkyl halides is 6. The number of H-pyrrole nitrogens is 3. The maximum atomic E-state index is 15.1. The van der Waals surface area contributed by atoms with Crippen LogP contribution in [0.3, 0.4) is 0 Å². The number of carbonyl (C=O) groups excluding carboxylic acids is 6. The highest BCUT2D eigenvalue weighted by Crippen LogP contribution is 2.54. The predicted molar refractivity (Wildman–Crippen MR) is 467 cm³/mol. The molecule has 1 radical (unpaired) electrons. The standard InChI is InChI=1S/C22H33ClFN2O12P.C22H33ClFN2O11P.C12H23O8P.C10H12ClFN2O4.C6H15N.CH3BOP.2CH4O/c1-20(2,3)17(29)33-11-36-39(32,37-12-34-18(30)21(4,5)6)35-10-22(9-23)15(28)14(24)16(38-22)26-8-7-13(27)25-19(26)31;1-20(2,3)17(28)32-12-35-38(31,36-13-33-18(29)21(4,5)6)34-11-22(10-23)9-14(24)16(37-22)26-8-7-15(27)25-19(26)30;1-11(2,3)9(13)17-7-19-21(15,16)20-8-18-10(14)12(4,5)6;11-4-10(5-15)3-6(12)8(18-10)14-2-1-7(16)13-9(14)17;1-4-7(5-2)6-3;1-2-4-3;2*1-2/h7-8,14-16,28H,9-12H2,1-6H3,(H,25,27,31);7-8,14,16H,9-13H2,1-6H3,(H,25,27,30);7-8H2,1-6H3,(H,15,16);1-2,6,8,15H,3-5H2,(H,13,16,17);4-6H2,1-3H3;1H3;2*2H,1H3/t14-,15+,16-,22-;14-,16-,22-;;6-,8-,10-;;;;/m11.1..../s1/i;9D;;3D;;;2*2T/t;9-,14+,16+,22+;;3-,6+,8+,10+;;;;/m.0.0..... The lowest BCUT2D eigenvalue weighted by Crippen LogP contribution is -2.47. The van der Waals surface area contributed by atoms with Gasteiger partial charge in [-0.1, -0.05) is 27.6 Å². The molecule has 0 spiro atoms. The van der Waals surface area contributed by atoms with E-state index in [-0.39, 0.29) is 14.2 Å². The molecule has 6 heterocycles. The number of aromatic amines is 3. The molecule has 8 N–H and O–H groups in total. The van der Waals surface area contributed by atoms with Crippen molar-refractivity contribution in [2.24, 2.45) is 32.5 Å². The van der Waals surface area contributed by atoms with Gasteiger partial charge in [-0.15, -0.1) is 34.8 Å². The van der Waals surface area contributed by atoms with Crippen LogP contribution in [-0.4, -0.2) is 258 Å². The number of phosphoric acid groups is 3. The second kappa shape index (κ2) is 57.7. The molecule has 0 saturated carbocycles. The zero-order valence-electron chi connectivity index (χ0n) is 81.3. The number of carbonyl (C=O) groups is 6. The molecule has 0 bridgehead atoms. The molecule has 3 aliphatic rings. The van der Waals surface area contributed by atoms with Gasteiger partial charge in [0.15, 0.2) is 24.9 Å². The van der Waals surface area contributed by atoms with Gasteiger partial charge in [0.2, 0.25) is 50.6 Å². The first-order chi connectivity index (χ1) is 62.0. The van der Waals surface area contributed by atoms with Crippen molar-refractivity contribution in [3.63, 3.8) is 0 Å². The van der Waals surface area contributed by atoms with E-state index < -0.39 is 271 Å². The highest BCUT2D eigenvalue weighted by Gasteiger charge is 2.58. The van der Waals surface area contributed by atoms with Gasteiger partial charge in [-0.25, -0.2) is 68.4 Å². The lowest BCUT2D eigenvalue weighted by Gasteiger charge is -2.30. The van der Waals surface area contributed by atoms with Gasteiger partial charge in [0.1, 0.15) is 35.3 Å². The fraction of sp³-hybridized carbons (Fsp3) is 0.760. The summed E-state index contributed by atoms with van der Waals surface area (Å²) in [6, 6.07) is 2.94. The minimum atomic E-state index is -4.74. The Kier molecular flexibility index (Phi) is 52.3. The maximum Gasteiger partial charge on any atom is 0.480 e. The van der Waals surface area contributed by atoms with Gasteiger partial charge in [0, 0.05) is 66.5 Å². The Balaban J connectivity index is 0. The molecule has 45 nitrogen and oxygen atoms in total. The summed E-state index contributed by atoms with van der Waals surface area (Å²) >= 11 is 17.6. The van der Waals surface area contributed by atoms with Crippen LogP contribution in [0.25, 0.3) is 0 Å². The van der Waals surface area contributed by atoms with Gasteiger partial charge in [-0.2, -0.15) is 0 Å². The predicted octanol–water partition coefficient (Wildman–Crippen LogP) is 8.50. The molecule has 755 valence electrons. The molecule has 12 atom stereocenters. The number of hydrogen-bond acceptors (Lipinski definition) is 38. The molecule has 3 fully saturated rings. The number of aliphatic hydroxyl groups is 4. The van der Waals surface area contributed by atoms with E-state index in [9.17, 15) is 95.3 Å². The number of phosphoric ester groups is 3. The van der Waals surface area contributed by atoms with Gasteiger partial charge >= 0.3 is 76.4 Å². The molecule has 56 heteroatoms. The molecule has 3 aliphatic heterocycles. The zero-order chi connectivity index (χ0) is 105. The topological polar surface area (TPSA) is 597 Å². The van der Waals surface area contributed by atoms with E-state index in [2.05, 4.69) is 54.4 Å². The smallest absolute Gasteiger partial charge is 0.437 e. The summed E-state index contributed by atoms with van der Waals surface area (Å²) in [5, 5.41) is 26.8. The lowest BCUT2D eigenvalue weighted by molar-refractivity contribution is -0.166. The van der Waals surface area contributed by atoms with Crippen molar-refractivity contribution in [2.45, 2.75) is 225 Å². The second-order valence-corrected chi connectivity index (χ2v) is 39.7. The summed E-state index contributed by atoms with van der Waals surface area (Å²) < 4.78 is 206. The van der Waals surface area contributed by atoms with Crippen molar-refractivity contribution in [3.8, 4) is 0 Å². The second-order valence-electron chi connectivity index (χ2n) is 33.4. The molecule has 3 aromatic rings. The SMILES string of the molecule is CC(C)(C)C(=O)OCOP(=O)(O)OCOC(=O)C(C)(C)C.CC(C)(C)C(=O)OCOP(=O)(OCOC(=O)C(C)(C)C)OC[C@@]1(CCl)O[C@@H](n2ccc(=O)[nH]c2=O)[C@H](F)[C@@H]1O.CCN(CC)CC.C[B]P=O.[2H][C@H]1[C@@H](F)[C@H](n2ccc(=O)[nH]c2=O)O[C@@]1(CO)CCl.[2H][C@H]1[C@@H](F)[C@H](n2ccc(=O)[nH]c2=O)O[C@]1(CCl)COP(=O)(OCOC(=O)C(C)(C)C)OCOC(=O)C(C)(C)C.[3H]OC.[3H]OC. The average molecular weight is 2040 g/mol. The van der Waals surface area contributed by atoms with E-state index in [1.54, 1.807) is 138 Å². The van der Waals surface area contributed by atoms with Crippen LogP contribution in [-0.2, 0) is 126 Å². The highest BCUT2D eigenvalue weighted by molar-refractivity contribution is 7.60. The zero-order valence-corrected chi connectivity index (χ0v) is 83.2. The van der Waals surface area contributed by atoms with Crippen molar-refractivity contribution in [3.05, 3.63) is 99.3 Å². The first-order valence-corrected chi connectivity index (χ1v) is 46.2.